The molecule has 388 valence electrons. The van der Waals surface area contributed by atoms with E-state index in [9.17, 15) is 24.0 Å². The summed E-state index contributed by atoms with van der Waals surface area (Å²) in [7, 11) is 1.36. The standard InChI is InChI=1S/C22H48N10O4.C7H11O2.2C6H14.C3H9N.C2H8N2/c23-5-9-27-19(33)1-13-31(14-2-20(34)28-10-6-24)17-18-32(15-3-21(35)29-11-7-25)16-4-22(36)30-12-8-26;1-3-4-5-6-7(8)9-2;2*1-3-5-6-4-2;1-2-3-4;3-1-2-4/h1-18,23-26H2,(H,27,33)(H,28,34)(H,29,35)(H,30,36);5-6H,1,3-4H2,2H3;2*3-6H2,1-2H3;2-4H2,1H3;1-4H2/q;+1;;;;/b;6-5+;;;;. The number of hydrogen-bond donors (Lipinski definition) is 11. The third-order valence-corrected chi connectivity index (χ3v) is 8.41. The summed E-state index contributed by atoms with van der Waals surface area (Å²) in [6.07, 6.45) is 18.1. The van der Waals surface area contributed by atoms with E-state index in [1.807, 2.05) is 9.80 Å². The number of ether oxygens (including phenoxy) is 1. The van der Waals surface area contributed by atoms with Gasteiger partial charge in [-0.15, -0.1) is 0 Å². The molecule has 0 aliphatic rings. The molecule has 0 unspecified atom stereocenters. The molecule has 0 aromatic heterocycles. The number of carbonyl (C=O) groups excluding carboxylic acids is 5. The number of esters is 1. The molecule has 0 heterocycles. The fraction of sp³-hybridized carbons (Fsp3) is 0.826. The van der Waals surface area contributed by atoms with Crippen LogP contribution in [0.3, 0.4) is 0 Å². The van der Waals surface area contributed by atoms with Gasteiger partial charge in [0.15, 0.2) is 0 Å². The Hall–Kier alpha value is -3.40. The van der Waals surface area contributed by atoms with E-state index in [-0.39, 0.29) is 55.3 Å². The first-order chi connectivity index (χ1) is 31.3. The van der Waals surface area contributed by atoms with Crippen molar-refractivity contribution in [2.75, 3.05) is 118 Å². The molecule has 0 aromatic carbocycles. The molecule has 65 heavy (non-hydrogen) atoms. The summed E-state index contributed by atoms with van der Waals surface area (Å²) in [5.74, 6) is -0.736. The van der Waals surface area contributed by atoms with Crippen LogP contribution in [0.25, 0.3) is 0 Å². The summed E-state index contributed by atoms with van der Waals surface area (Å²) in [5.41, 5.74) is 36.6. The predicted molar refractivity (Wildman–Crippen MR) is 272 cm³/mol. The highest BCUT2D eigenvalue weighted by atomic mass is 16.5. The first-order valence-electron chi connectivity index (χ1n) is 24.3. The van der Waals surface area contributed by atoms with Gasteiger partial charge in [0.2, 0.25) is 23.6 Å². The highest BCUT2D eigenvalue weighted by Gasteiger charge is 2.15. The van der Waals surface area contributed by atoms with Gasteiger partial charge in [-0.1, -0.05) is 92.1 Å². The van der Waals surface area contributed by atoms with Crippen molar-refractivity contribution in [3.05, 3.63) is 19.1 Å². The van der Waals surface area contributed by atoms with Gasteiger partial charge in [-0.05, 0) is 13.0 Å². The number of rotatable bonds is 34. The van der Waals surface area contributed by atoms with Crippen LogP contribution in [0.4, 0.5) is 0 Å². The minimum absolute atomic E-state index is 0.108. The Morgan fingerprint density at radius 3 is 0.923 bits per heavy atom. The molecule has 0 spiro atoms. The number of carbonyl (C=O) groups is 5. The largest absolute Gasteiger partial charge is 0.466 e. The van der Waals surface area contributed by atoms with Crippen molar-refractivity contribution in [3.8, 4) is 0 Å². The van der Waals surface area contributed by atoms with Crippen LogP contribution >= 0.6 is 0 Å². The summed E-state index contributed by atoms with van der Waals surface area (Å²) in [4.78, 5) is 62.6. The van der Waals surface area contributed by atoms with Crippen LogP contribution in [-0.4, -0.2) is 158 Å². The number of hydrogen-bond acceptors (Lipinski definition) is 15. The topological polar surface area (TPSA) is 331 Å². The fourth-order valence-electron chi connectivity index (χ4n) is 4.56. The van der Waals surface area contributed by atoms with Gasteiger partial charge in [0.1, 0.15) is 0 Å². The van der Waals surface area contributed by atoms with Crippen molar-refractivity contribution in [1.82, 2.24) is 31.1 Å². The van der Waals surface area contributed by atoms with Crippen molar-refractivity contribution in [1.29, 1.82) is 0 Å². The van der Waals surface area contributed by atoms with Crippen molar-refractivity contribution >= 4 is 29.6 Å². The zero-order valence-corrected chi connectivity index (χ0v) is 42.4. The molecule has 18 N–H and O–H groups in total. The van der Waals surface area contributed by atoms with Crippen LogP contribution in [0.2, 0.25) is 0 Å². The van der Waals surface area contributed by atoms with Crippen LogP contribution in [0.5, 0.6) is 0 Å². The Morgan fingerprint density at radius 1 is 0.462 bits per heavy atom. The molecule has 0 rings (SSSR count). The Morgan fingerprint density at radius 2 is 0.738 bits per heavy atom. The lowest BCUT2D eigenvalue weighted by Crippen LogP contribution is -2.42. The first-order valence-corrected chi connectivity index (χ1v) is 24.3. The lowest BCUT2D eigenvalue weighted by molar-refractivity contribution is -0.135. The number of amides is 4. The molecule has 19 heteroatoms. The zero-order chi connectivity index (χ0) is 50.6. The number of methoxy groups -OCH3 is 1. The van der Waals surface area contributed by atoms with Gasteiger partial charge in [-0.2, -0.15) is 0 Å². The van der Waals surface area contributed by atoms with E-state index in [1.54, 1.807) is 6.08 Å². The number of nitrogens with one attached hydrogen (secondary N) is 4. The van der Waals surface area contributed by atoms with Crippen LogP contribution in [0, 0.1) is 6.92 Å². The Bertz CT molecular complexity index is 906. The zero-order valence-electron chi connectivity index (χ0n) is 42.4. The van der Waals surface area contributed by atoms with Crippen LogP contribution in [0.15, 0.2) is 12.2 Å². The molecule has 0 bridgehead atoms. The third kappa shape index (κ3) is 75.2. The number of allylic oxidation sites excluding steroid dienone is 1. The monoisotopic (exact) mass is 935 g/mol. The predicted octanol–water partition coefficient (Wildman–Crippen LogP) is 1.21. The summed E-state index contributed by atoms with van der Waals surface area (Å²) in [6, 6.07) is 0. The highest BCUT2D eigenvalue weighted by Crippen LogP contribution is 2.01. The maximum absolute atomic E-state index is 12.0. The van der Waals surface area contributed by atoms with Gasteiger partial charge >= 0.3 is 5.97 Å². The van der Waals surface area contributed by atoms with Crippen molar-refractivity contribution in [3.63, 3.8) is 0 Å². The minimum Gasteiger partial charge on any atom is -0.466 e. The van der Waals surface area contributed by atoms with Gasteiger partial charge in [-0.3, -0.25) is 19.2 Å². The van der Waals surface area contributed by atoms with E-state index in [1.165, 1.54) is 64.6 Å². The highest BCUT2D eigenvalue weighted by molar-refractivity contribution is 5.81. The fourth-order valence-corrected chi connectivity index (χ4v) is 4.56. The minimum atomic E-state index is -0.302. The second-order valence-corrected chi connectivity index (χ2v) is 14.6. The summed E-state index contributed by atoms with van der Waals surface area (Å²) >= 11 is 0. The van der Waals surface area contributed by atoms with Gasteiger partial charge in [0.25, 0.3) is 0 Å². The van der Waals surface area contributed by atoms with Crippen LogP contribution in [0.1, 0.15) is 131 Å². The first kappa shape index (κ1) is 73.2. The molecule has 0 radical (unpaired) electrons. The van der Waals surface area contributed by atoms with Crippen molar-refractivity contribution in [2.24, 2.45) is 40.1 Å². The quantitative estimate of drug-likeness (QED) is 0.0187. The molecular formula is C46H104N13O6+. The summed E-state index contributed by atoms with van der Waals surface area (Å²) in [6.45, 7) is 22.7. The second-order valence-electron chi connectivity index (χ2n) is 14.6. The van der Waals surface area contributed by atoms with Crippen molar-refractivity contribution < 1.29 is 28.7 Å². The molecule has 19 nitrogen and oxygen atoms in total. The molecule has 0 fully saturated rings. The maximum atomic E-state index is 12.0. The third-order valence-electron chi connectivity index (χ3n) is 8.41. The van der Waals surface area contributed by atoms with Gasteiger partial charge in [0, 0.05) is 143 Å². The van der Waals surface area contributed by atoms with Gasteiger partial charge in [-0.25, -0.2) is 4.79 Å². The molecule has 0 atom stereocenters. The Balaban J connectivity index is -0.000000239. The lowest BCUT2D eigenvalue weighted by Gasteiger charge is -2.27. The van der Waals surface area contributed by atoms with E-state index < -0.39 is 0 Å². The number of nitrogens with two attached hydrogens (primary N) is 7. The Kier molecular flexibility index (Phi) is 75.6. The van der Waals surface area contributed by atoms with Gasteiger partial charge < -0.3 is 75.9 Å². The molecule has 0 aromatic rings. The average Bonchev–Trinajstić information content (AvgIpc) is 3.33. The molecule has 0 aliphatic heterocycles. The normalized spacial score (nSPS) is 10.0. The van der Waals surface area contributed by atoms with E-state index in [0.717, 1.165) is 25.8 Å². The average molecular weight is 935 g/mol. The SMILES string of the molecule is CCCCCC.CCCCCC.CCCN.NCCN.NCCNC(=O)CCN(CCC(=O)NCCN)CCN(CCC(=O)NCCN)CCC(=O)NCCN.[CH2+]CC/C=C/C(=O)OC. The molecule has 4 amide bonds. The Labute approximate surface area is 397 Å². The lowest BCUT2D eigenvalue weighted by atomic mass is 10.2. The molecular weight excluding hydrogens is 831 g/mol. The summed E-state index contributed by atoms with van der Waals surface area (Å²) < 4.78 is 4.35. The smallest absolute Gasteiger partial charge is 0.330 e. The van der Waals surface area contributed by atoms with E-state index in [4.69, 9.17) is 40.1 Å². The number of nitrogens with zero attached hydrogens (tertiary/aromatic N) is 2. The summed E-state index contributed by atoms with van der Waals surface area (Å²) in [5, 5.41) is 11.0. The van der Waals surface area contributed by atoms with Crippen molar-refractivity contribution in [2.45, 2.75) is 131 Å². The molecule has 0 saturated heterocycles. The second kappa shape index (κ2) is 67.2. The van der Waals surface area contributed by atoms with Crippen LogP contribution < -0.4 is 61.4 Å². The van der Waals surface area contributed by atoms with Crippen LogP contribution in [-0.2, 0) is 28.7 Å². The van der Waals surface area contributed by atoms with E-state index in [0.29, 0.717) is 105 Å². The maximum Gasteiger partial charge on any atom is 0.330 e. The molecule has 0 saturated carbocycles. The molecule has 0 aliphatic carbocycles. The van der Waals surface area contributed by atoms with E-state index >= 15 is 0 Å². The van der Waals surface area contributed by atoms with Gasteiger partial charge in [0.05, 0.1) is 20.5 Å². The van der Waals surface area contributed by atoms with E-state index in [2.05, 4.69) is 67.5 Å². The number of unbranched alkanes of at least 4 members (excludes halogenated alkanes) is 7.